The zero-order chi connectivity index (χ0) is 19.3. The van der Waals surface area contributed by atoms with Gasteiger partial charge >= 0.3 is 0 Å². The lowest BCUT2D eigenvalue weighted by Crippen LogP contribution is -2.33. The van der Waals surface area contributed by atoms with Crippen molar-refractivity contribution in [2.24, 2.45) is 0 Å². The molecule has 0 atom stereocenters. The molecule has 0 saturated heterocycles. The van der Waals surface area contributed by atoms with Gasteiger partial charge in [-0.1, -0.05) is 18.2 Å². The van der Waals surface area contributed by atoms with Crippen molar-refractivity contribution in [2.75, 3.05) is 10.8 Å². The van der Waals surface area contributed by atoms with Crippen molar-refractivity contribution in [3.63, 3.8) is 0 Å². The van der Waals surface area contributed by atoms with Crippen LogP contribution in [-0.4, -0.2) is 24.9 Å². The summed E-state index contributed by atoms with van der Waals surface area (Å²) in [6, 6.07) is 17.3. The number of rotatable bonds is 7. The summed E-state index contributed by atoms with van der Waals surface area (Å²) in [5, 5.41) is 10.8. The van der Waals surface area contributed by atoms with Crippen LogP contribution in [0.2, 0.25) is 0 Å². The summed E-state index contributed by atoms with van der Waals surface area (Å²) in [7, 11) is -3.87. The van der Waals surface area contributed by atoms with Gasteiger partial charge in [0.2, 0.25) is 0 Å². The van der Waals surface area contributed by atoms with Gasteiger partial charge in [-0.15, -0.1) is 0 Å². The Morgan fingerprint density at radius 2 is 1.56 bits per heavy atom. The molecule has 138 valence electrons. The lowest BCUT2D eigenvalue weighted by atomic mass is 10.2. The number of non-ortho nitro benzene ring substituents is 1. The average molecular weight is 383 g/mol. The van der Waals surface area contributed by atoms with Crippen LogP contribution in [0.5, 0.6) is 0 Å². The smallest absolute Gasteiger partial charge is 0.266 e. The fraction of sp³-hybridized carbons (Fsp3) is 0.105. The third kappa shape index (κ3) is 4.29. The molecule has 0 aliphatic rings. The van der Waals surface area contributed by atoms with Crippen LogP contribution < -0.4 is 4.31 Å². The summed E-state index contributed by atoms with van der Waals surface area (Å²) in [6.07, 6.45) is 3.82. The molecule has 0 bridgehead atoms. The Kier molecular flexibility index (Phi) is 5.46. The van der Waals surface area contributed by atoms with Crippen molar-refractivity contribution in [1.29, 1.82) is 0 Å². The summed E-state index contributed by atoms with van der Waals surface area (Å²) >= 11 is 0. The lowest BCUT2D eigenvalue weighted by molar-refractivity contribution is -0.384. The summed E-state index contributed by atoms with van der Waals surface area (Å²) in [6.45, 7) is 0.230. The molecule has 0 radical (unpaired) electrons. The predicted molar refractivity (Wildman–Crippen MR) is 102 cm³/mol. The molecule has 7 nitrogen and oxygen atoms in total. The highest BCUT2D eigenvalue weighted by molar-refractivity contribution is 7.92. The van der Waals surface area contributed by atoms with Gasteiger partial charge in [-0.2, -0.15) is 0 Å². The number of benzene rings is 2. The molecule has 0 amide bonds. The second kappa shape index (κ2) is 7.96. The number of sulfonamides is 1. The molecule has 0 saturated carbocycles. The Labute approximate surface area is 157 Å². The van der Waals surface area contributed by atoms with Crippen LogP contribution >= 0.6 is 0 Å². The molecule has 0 fully saturated rings. The van der Waals surface area contributed by atoms with Crippen molar-refractivity contribution in [1.82, 2.24) is 4.98 Å². The maximum absolute atomic E-state index is 13.2. The van der Waals surface area contributed by atoms with E-state index in [1.54, 1.807) is 36.7 Å². The molecular formula is C19H17N3O4S. The maximum Gasteiger partial charge on any atom is 0.269 e. The number of nitro groups is 1. The van der Waals surface area contributed by atoms with Gasteiger partial charge in [0, 0.05) is 31.1 Å². The molecule has 1 heterocycles. The minimum atomic E-state index is -3.87. The first-order valence-corrected chi connectivity index (χ1v) is 9.63. The van der Waals surface area contributed by atoms with Crippen molar-refractivity contribution in [3.05, 3.63) is 94.8 Å². The van der Waals surface area contributed by atoms with Crippen molar-refractivity contribution >= 4 is 21.4 Å². The van der Waals surface area contributed by atoms with E-state index in [1.165, 1.54) is 28.6 Å². The first-order chi connectivity index (χ1) is 13.0. The number of nitrogens with zero attached hydrogens (tertiary/aromatic N) is 3. The summed E-state index contributed by atoms with van der Waals surface area (Å²) in [4.78, 5) is 14.2. The van der Waals surface area contributed by atoms with E-state index >= 15 is 0 Å². The van der Waals surface area contributed by atoms with Crippen LogP contribution in [0.1, 0.15) is 5.56 Å². The molecule has 1 aromatic heterocycles. The molecule has 3 rings (SSSR count). The van der Waals surface area contributed by atoms with Crippen LogP contribution in [-0.2, 0) is 16.4 Å². The number of pyridine rings is 1. The van der Waals surface area contributed by atoms with E-state index in [-0.39, 0.29) is 17.1 Å². The van der Waals surface area contributed by atoms with E-state index in [2.05, 4.69) is 4.98 Å². The Bertz CT molecular complexity index is 1010. The van der Waals surface area contributed by atoms with E-state index < -0.39 is 14.9 Å². The maximum atomic E-state index is 13.2. The molecule has 0 aliphatic heterocycles. The largest absolute Gasteiger partial charge is 0.269 e. The average Bonchev–Trinajstić information content (AvgIpc) is 2.69. The highest BCUT2D eigenvalue weighted by atomic mass is 32.2. The Morgan fingerprint density at radius 3 is 2.15 bits per heavy atom. The highest BCUT2D eigenvalue weighted by Crippen LogP contribution is 2.25. The van der Waals surface area contributed by atoms with E-state index in [0.717, 1.165) is 5.56 Å². The van der Waals surface area contributed by atoms with Crippen LogP contribution in [0, 0.1) is 10.1 Å². The monoisotopic (exact) mass is 383 g/mol. The molecule has 0 unspecified atom stereocenters. The van der Waals surface area contributed by atoms with Gasteiger partial charge in [0.15, 0.2) is 0 Å². The number of anilines is 1. The van der Waals surface area contributed by atoms with Gasteiger partial charge in [-0.05, 0) is 48.4 Å². The summed E-state index contributed by atoms with van der Waals surface area (Å²) in [5.41, 5.74) is 1.34. The Hall–Kier alpha value is -3.26. The molecule has 27 heavy (non-hydrogen) atoms. The normalized spacial score (nSPS) is 11.1. The second-order valence-corrected chi connectivity index (χ2v) is 7.63. The molecule has 0 N–H and O–H groups in total. The minimum Gasteiger partial charge on any atom is -0.266 e. The fourth-order valence-corrected chi connectivity index (χ4v) is 4.09. The quantitative estimate of drug-likeness (QED) is 0.460. The summed E-state index contributed by atoms with van der Waals surface area (Å²) in [5.74, 6) is 0. The molecular weight excluding hydrogens is 366 g/mol. The summed E-state index contributed by atoms with van der Waals surface area (Å²) < 4.78 is 27.7. The van der Waals surface area contributed by atoms with Gasteiger partial charge < -0.3 is 0 Å². The van der Waals surface area contributed by atoms with Gasteiger partial charge in [0.05, 0.1) is 15.5 Å². The first-order valence-electron chi connectivity index (χ1n) is 8.19. The molecule has 0 spiro atoms. The molecule has 8 heteroatoms. The first kappa shape index (κ1) is 18.5. The number of para-hydroxylation sites is 1. The van der Waals surface area contributed by atoms with Crippen LogP contribution in [0.3, 0.4) is 0 Å². The van der Waals surface area contributed by atoms with Crippen LogP contribution in [0.15, 0.2) is 84.0 Å². The predicted octanol–water partition coefficient (Wildman–Crippen LogP) is 3.43. The van der Waals surface area contributed by atoms with E-state index in [4.69, 9.17) is 0 Å². The number of hydrogen-bond donors (Lipinski definition) is 0. The van der Waals surface area contributed by atoms with E-state index in [0.29, 0.717) is 12.1 Å². The van der Waals surface area contributed by atoms with E-state index in [9.17, 15) is 18.5 Å². The fourth-order valence-electron chi connectivity index (χ4n) is 2.63. The standard InChI is InChI=1S/C19H17N3O4S/c23-22(24)18-6-8-19(9-7-18)27(25,26)21(17-4-2-1-3-5-17)15-12-16-10-13-20-14-11-16/h1-11,13-14H,12,15H2. The van der Waals surface area contributed by atoms with Crippen molar-refractivity contribution in [3.8, 4) is 0 Å². The molecule has 2 aromatic carbocycles. The van der Waals surface area contributed by atoms with Crippen molar-refractivity contribution < 1.29 is 13.3 Å². The second-order valence-electron chi connectivity index (χ2n) is 5.77. The Morgan fingerprint density at radius 1 is 0.926 bits per heavy atom. The van der Waals surface area contributed by atoms with E-state index in [1.807, 2.05) is 18.2 Å². The minimum absolute atomic E-state index is 0.00619. The van der Waals surface area contributed by atoms with Crippen LogP contribution in [0.25, 0.3) is 0 Å². The lowest BCUT2D eigenvalue weighted by Gasteiger charge is -2.24. The number of hydrogen-bond acceptors (Lipinski definition) is 5. The van der Waals surface area contributed by atoms with Crippen LogP contribution in [0.4, 0.5) is 11.4 Å². The zero-order valence-corrected chi connectivity index (χ0v) is 15.1. The SMILES string of the molecule is O=[N+]([O-])c1ccc(S(=O)(=O)N(CCc2ccncc2)c2ccccc2)cc1. The van der Waals surface area contributed by atoms with Gasteiger partial charge in [-0.25, -0.2) is 8.42 Å². The number of nitro benzene ring substituents is 1. The highest BCUT2D eigenvalue weighted by Gasteiger charge is 2.25. The third-order valence-electron chi connectivity index (χ3n) is 4.03. The van der Waals surface area contributed by atoms with Crippen molar-refractivity contribution in [2.45, 2.75) is 11.3 Å². The number of aromatic nitrogens is 1. The van der Waals surface area contributed by atoms with Gasteiger partial charge in [0.1, 0.15) is 0 Å². The topological polar surface area (TPSA) is 93.4 Å². The molecule has 0 aliphatic carbocycles. The Balaban J connectivity index is 1.94. The molecule has 3 aromatic rings. The third-order valence-corrected chi connectivity index (χ3v) is 5.87. The zero-order valence-electron chi connectivity index (χ0n) is 14.3. The van der Waals surface area contributed by atoms with Gasteiger partial charge in [0.25, 0.3) is 15.7 Å². The van der Waals surface area contributed by atoms with Gasteiger partial charge in [-0.3, -0.25) is 19.4 Å².